The molecule has 0 aliphatic heterocycles. The van der Waals surface area contributed by atoms with Crippen LogP contribution < -0.4 is 15.0 Å². The van der Waals surface area contributed by atoms with Crippen molar-refractivity contribution in [3.8, 4) is 5.75 Å². The van der Waals surface area contributed by atoms with E-state index in [1.165, 1.54) is 17.0 Å². The predicted octanol–water partition coefficient (Wildman–Crippen LogP) is 5.99. The van der Waals surface area contributed by atoms with Crippen molar-refractivity contribution < 1.29 is 41.4 Å². The first-order valence-corrected chi connectivity index (χ1v) is 11.0. The van der Waals surface area contributed by atoms with E-state index in [0.717, 1.165) is 18.2 Å². The molecule has 0 atom stereocenters. The zero-order chi connectivity index (χ0) is 27.0. The van der Waals surface area contributed by atoms with Crippen LogP contribution in [-0.4, -0.2) is 42.9 Å². The molecule has 12 heteroatoms. The van der Waals surface area contributed by atoms with Crippen molar-refractivity contribution in [3.63, 3.8) is 0 Å². The number of amides is 1. The molecule has 2 N–H and O–H groups in total. The fraction of sp³-hybridized carbons (Fsp3) is 0.333. The molecule has 2 aromatic carbocycles. The molecule has 0 unspecified atom stereocenters. The van der Waals surface area contributed by atoms with Crippen molar-refractivity contribution in [1.82, 2.24) is 0 Å². The summed E-state index contributed by atoms with van der Waals surface area (Å²) in [6.45, 7) is 4.38. The van der Waals surface area contributed by atoms with Gasteiger partial charge >= 0.3 is 12.1 Å². The quantitative estimate of drug-likeness (QED) is 0.258. The number of carbonyl (C=O) groups excluding carboxylic acids is 1. The Morgan fingerprint density at radius 2 is 1.86 bits per heavy atom. The highest BCUT2D eigenvalue weighted by molar-refractivity contribution is 6.30. The van der Waals surface area contributed by atoms with Crippen molar-refractivity contribution in [1.29, 1.82) is 0 Å². The molecule has 0 radical (unpaired) electrons. The number of hydrogen-bond acceptors (Lipinski definition) is 4. The van der Waals surface area contributed by atoms with Gasteiger partial charge in [0.25, 0.3) is 0 Å². The van der Waals surface area contributed by atoms with Gasteiger partial charge in [0.1, 0.15) is 5.82 Å². The number of benzene rings is 2. The molecule has 0 aromatic heterocycles. The molecule has 6 nitrogen and oxygen atoms in total. The van der Waals surface area contributed by atoms with E-state index < -0.39 is 54.9 Å². The number of halogens is 6. The first-order valence-electron chi connectivity index (χ1n) is 10.6. The molecule has 0 fully saturated rings. The molecule has 1 amide bonds. The molecule has 0 aliphatic carbocycles. The summed E-state index contributed by atoms with van der Waals surface area (Å²) in [5.74, 6) is -4.31. The van der Waals surface area contributed by atoms with Crippen molar-refractivity contribution in [2.75, 3.05) is 29.9 Å². The lowest BCUT2D eigenvalue weighted by atomic mass is 10.1. The van der Waals surface area contributed by atoms with Gasteiger partial charge < -0.3 is 20.1 Å². The predicted molar refractivity (Wildman–Crippen MR) is 126 cm³/mol. The zero-order valence-electron chi connectivity index (χ0n) is 19.2. The number of aliphatic carboxylic acids is 1. The average molecular weight is 535 g/mol. The van der Waals surface area contributed by atoms with Gasteiger partial charge in [-0.05, 0) is 31.0 Å². The summed E-state index contributed by atoms with van der Waals surface area (Å²) in [7, 11) is 0. The minimum absolute atomic E-state index is 0.0188. The largest absolute Gasteiger partial charge is 0.479 e. The van der Waals surface area contributed by atoms with E-state index in [-0.39, 0.29) is 41.5 Å². The molecular weight excluding hydrogens is 511 g/mol. The van der Waals surface area contributed by atoms with E-state index in [9.17, 15) is 31.5 Å². The first kappa shape index (κ1) is 28.9. The topological polar surface area (TPSA) is 78.9 Å². The van der Waals surface area contributed by atoms with Crippen LogP contribution in [0.2, 0.25) is 5.02 Å². The van der Waals surface area contributed by atoms with Gasteiger partial charge in [-0.2, -0.15) is 13.2 Å². The van der Waals surface area contributed by atoms with Gasteiger partial charge in [0.15, 0.2) is 18.2 Å². The van der Waals surface area contributed by atoms with Crippen LogP contribution in [-0.2, 0) is 16.0 Å². The fourth-order valence-electron chi connectivity index (χ4n) is 3.27. The maximum absolute atomic E-state index is 14.7. The Labute approximate surface area is 209 Å². The Morgan fingerprint density at radius 3 is 2.44 bits per heavy atom. The Kier molecular flexibility index (Phi) is 10.1. The highest BCUT2D eigenvalue weighted by Crippen LogP contribution is 2.34. The van der Waals surface area contributed by atoms with Gasteiger partial charge in [-0.15, -0.1) is 0 Å². The maximum atomic E-state index is 14.7. The van der Waals surface area contributed by atoms with Gasteiger partial charge in [-0.3, -0.25) is 4.79 Å². The summed E-state index contributed by atoms with van der Waals surface area (Å²) in [5, 5.41) is 11.4. The van der Waals surface area contributed by atoms with Crippen molar-refractivity contribution in [2.45, 2.75) is 32.4 Å². The lowest BCUT2D eigenvalue weighted by Gasteiger charge is -2.28. The third kappa shape index (κ3) is 9.37. The van der Waals surface area contributed by atoms with E-state index >= 15 is 0 Å². The number of nitrogens with one attached hydrogen (secondary N) is 1. The van der Waals surface area contributed by atoms with Crippen LogP contribution in [0.5, 0.6) is 5.75 Å². The number of hydrogen-bond donors (Lipinski definition) is 2. The van der Waals surface area contributed by atoms with E-state index in [4.69, 9.17) is 21.4 Å². The molecule has 36 heavy (non-hydrogen) atoms. The summed E-state index contributed by atoms with van der Waals surface area (Å²) >= 11 is 5.72. The molecule has 0 saturated heterocycles. The van der Waals surface area contributed by atoms with E-state index in [1.807, 2.05) is 0 Å². The third-order valence-corrected chi connectivity index (χ3v) is 4.97. The monoisotopic (exact) mass is 534 g/mol. The maximum Gasteiger partial charge on any atom is 0.389 e. The fourth-order valence-corrected chi connectivity index (χ4v) is 3.43. The van der Waals surface area contributed by atoms with Crippen molar-refractivity contribution in [2.24, 2.45) is 0 Å². The van der Waals surface area contributed by atoms with E-state index in [2.05, 4.69) is 11.9 Å². The molecule has 2 aromatic rings. The van der Waals surface area contributed by atoms with Crippen molar-refractivity contribution >= 4 is 34.9 Å². The summed E-state index contributed by atoms with van der Waals surface area (Å²) in [5.41, 5.74) is 0.524. The lowest BCUT2D eigenvalue weighted by molar-refractivity contribution is -0.139. The standard InChI is InChI=1S/C24H24ClF5N2O4/c1-14(2)12-32(7-3-6-24(28,29)30)20-10-18(27)21(36-13-23(34)35)11-19(20)31-22(33)8-15-4-5-16(25)9-17(15)26/h4-5,9-11H,1,3,6-8,12-13H2,2H3,(H,31,33)(H,34,35). The molecule has 0 heterocycles. The van der Waals surface area contributed by atoms with Gasteiger partial charge in [-0.25, -0.2) is 13.6 Å². The normalized spacial score (nSPS) is 11.2. The number of alkyl halides is 3. The minimum Gasteiger partial charge on any atom is -0.479 e. The number of carbonyl (C=O) groups is 2. The Morgan fingerprint density at radius 1 is 1.17 bits per heavy atom. The lowest BCUT2D eigenvalue weighted by Crippen LogP contribution is -2.29. The second kappa shape index (κ2) is 12.6. The summed E-state index contributed by atoms with van der Waals surface area (Å²) in [6, 6.07) is 5.68. The summed E-state index contributed by atoms with van der Waals surface area (Å²) in [4.78, 5) is 24.9. The number of carboxylic acids is 1. The Balaban J connectivity index is 2.41. The third-order valence-electron chi connectivity index (χ3n) is 4.73. The van der Waals surface area contributed by atoms with Crippen molar-refractivity contribution in [3.05, 3.63) is 64.7 Å². The van der Waals surface area contributed by atoms with E-state index in [1.54, 1.807) is 6.92 Å². The van der Waals surface area contributed by atoms with Crippen LogP contribution in [0.4, 0.5) is 33.3 Å². The van der Waals surface area contributed by atoms with Crippen LogP contribution in [0.3, 0.4) is 0 Å². The van der Waals surface area contributed by atoms with Crippen LogP contribution in [0.25, 0.3) is 0 Å². The Bertz CT molecular complexity index is 1120. The van der Waals surface area contributed by atoms with Gasteiger partial charge in [-0.1, -0.05) is 29.8 Å². The zero-order valence-corrected chi connectivity index (χ0v) is 20.0. The van der Waals surface area contributed by atoms with Crippen LogP contribution >= 0.6 is 11.6 Å². The van der Waals surface area contributed by atoms with Gasteiger partial charge in [0, 0.05) is 36.7 Å². The highest BCUT2D eigenvalue weighted by Gasteiger charge is 2.27. The molecule has 0 spiro atoms. The Hall–Kier alpha value is -3.34. The smallest absolute Gasteiger partial charge is 0.389 e. The summed E-state index contributed by atoms with van der Waals surface area (Å²) in [6.07, 6.45) is -6.23. The van der Waals surface area contributed by atoms with Gasteiger partial charge in [0.2, 0.25) is 5.91 Å². The first-order chi connectivity index (χ1) is 16.7. The summed E-state index contributed by atoms with van der Waals surface area (Å²) < 4.78 is 71.9. The SMILES string of the molecule is C=C(C)CN(CCCC(F)(F)F)c1cc(F)c(OCC(=O)O)cc1NC(=O)Cc1ccc(Cl)cc1F. The molecule has 0 aliphatic rings. The van der Waals surface area contributed by atoms with Crippen LogP contribution in [0.15, 0.2) is 42.5 Å². The molecule has 0 bridgehead atoms. The number of ether oxygens (including phenoxy) is 1. The minimum atomic E-state index is -4.39. The van der Waals surface area contributed by atoms with Gasteiger partial charge in [0.05, 0.1) is 17.8 Å². The number of anilines is 2. The van der Waals surface area contributed by atoms with Crippen LogP contribution in [0, 0.1) is 11.6 Å². The second-order valence-electron chi connectivity index (χ2n) is 8.04. The van der Waals surface area contributed by atoms with Crippen LogP contribution in [0.1, 0.15) is 25.3 Å². The molecule has 2 rings (SSSR count). The van der Waals surface area contributed by atoms with E-state index in [0.29, 0.717) is 5.57 Å². The molecule has 196 valence electrons. The second-order valence-corrected chi connectivity index (χ2v) is 8.48. The number of carboxylic acid groups (broad SMARTS) is 1. The number of nitrogens with zero attached hydrogens (tertiary/aromatic N) is 1. The average Bonchev–Trinajstić information content (AvgIpc) is 2.74. The molecular formula is C24H24ClF5N2O4. The number of rotatable bonds is 12. The molecule has 0 saturated carbocycles. The highest BCUT2D eigenvalue weighted by atomic mass is 35.5.